The molecule has 204 valence electrons. The van der Waals surface area contributed by atoms with Crippen LogP contribution < -0.4 is 19.3 Å². The van der Waals surface area contributed by atoms with E-state index < -0.39 is 0 Å². The second-order valence-corrected chi connectivity index (χ2v) is 8.21. The molecule has 2 aromatic carbocycles. The van der Waals surface area contributed by atoms with Gasteiger partial charge in [-0.2, -0.15) is 0 Å². The number of carbonyl (C=O) groups excluding carboxylic acids is 4. The average Bonchev–Trinajstić information content (AvgIpc) is 3.46. The molecule has 2 aliphatic rings. The Bertz CT molecular complexity index is 1090. The Morgan fingerprint density at radius 3 is 1.00 bits per heavy atom. The number of ether oxygens (including phenoxy) is 5. The predicted octanol–water partition coefficient (Wildman–Crippen LogP) is 2.05. The molecule has 0 radical (unpaired) electrons. The Morgan fingerprint density at radius 2 is 0.692 bits per heavy atom. The van der Waals surface area contributed by atoms with Crippen molar-refractivity contribution in [2.24, 2.45) is 0 Å². The molecule has 11 nitrogen and oxygen atoms in total. The van der Waals surface area contributed by atoms with Gasteiger partial charge in [-0.3, -0.25) is 19.2 Å². The third-order valence-electron chi connectivity index (χ3n) is 5.55. The Balaban J connectivity index is 0.960. The molecule has 0 bridgehead atoms. The number of hydrogen-bond donors (Lipinski definition) is 0. The number of amides is 4. The molecule has 0 spiro atoms. The highest BCUT2D eigenvalue weighted by Gasteiger charge is 2.25. The van der Waals surface area contributed by atoms with E-state index in [1.54, 1.807) is 48.5 Å². The van der Waals surface area contributed by atoms with Gasteiger partial charge in [-0.05, 0) is 48.5 Å². The van der Waals surface area contributed by atoms with Gasteiger partial charge in [-0.1, -0.05) is 0 Å². The third kappa shape index (κ3) is 7.84. The highest BCUT2D eigenvalue weighted by Crippen LogP contribution is 2.23. The van der Waals surface area contributed by atoms with Crippen LogP contribution in [0, 0.1) is 0 Å². The summed E-state index contributed by atoms with van der Waals surface area (Å²) in [7, 11) is 0. The van der Waals surface area contributed by atoms with Gasteiger partial charge in [-0.15, -0.1) is 0 Å². The van der Waals surface area contributed by atoms with Crippen molar-refractivity contribution in [1.29, 1.82) is 0 Å². The van der Waals surface area contributed by atoms with Crippen LogP contribution in [0.4, 0.5) is 11.4 Å². The summed E-state index contributed by atoms with van der Waals surface area (Å²) in [6, 6.07) is 13.4. The first-order valence-electron chi connectivity index (χ1n) is 12.3. The topological polar surface area (TPSA) is 121 Å². The molecule has 4 amide bonds. The van der Waals surface area contributed by atoms with E-state index in [0.29, 0.717) is 75.7 Å². The van der Waals surface area contributed by atoms with Gasteiger partial charge in [0.15, 0.2) is 0 Å². The van der Waals surface area contributed by atoms with Crippen molar-refractivity contribution in [3.05, 3.63) is 72.8 Å². The summed E-state index contributed by atoms with van der Waals surface area (Å²) < 4.78 is 27.6. The van der Waals surface area contributed by atoms with Gasteiger partial charge in [0.1, 0.15) is 24.7 Å². The lowest BCUT2D eigenvalue weighted by Gasteiger charge is -2.14. The SMILES string of the molecule is O=C1C=CC(=O)N1c1ccc(OCCOCCOCCOCCOc2ccc(N3C(=O)C=CC3=O)cc2)cc1. The second-order valence-electron chi connectivity index (χ2n) is 8.21. The predicted molar refractivity (Wildman–Crippen MR) is 140 cm³/mol. The Hall–Kier alpha value is -4.32. The van der Waals surface area contributed by atoms with Crippen LogP contribution in [0.2, 0.25) is 0 Å². The highest BCUT2D eigenvalue weighted by atomic mass is 16.6. The van der Waals surface area contributed by atoms with Crippen molar-refractivity contribution in [3.63, 3.8) is 0 Å². The van der Waals surface area contributed by atoms with E-state index >= 15 is 0 Å². The summed E-state index contributed by atoms with van der Waals surface area (Å²) in [6.07, 6.45) is 4.96. The lowest BCUT2D eigenvalue weighted by atomic mass is 10.3. The molecule has 11 heteroatoms. The summed E-state index contributed by atoms with van der Waals surface area (Å²) in [5.41, 5.74) is 0.986. The minimum absolute atomic E-state index is 0.347. The molecule has 0 aliphatic carbocycles. The van der Waals surface area contributed by atoms with E-state index in [1.807, 2.05) is 0 Å². The molecule has 0 atom stereocenters. The van der Waals surface area contributed by atoms with Gasteiger partial charge in [-0.25, -0.2) is 9.80 Å². The standard InChI is InChI=1S/C28H28N2O9/c31-25-9-10-26(32)29(25)21-1-5-23(6-2-21)38-19-17-36-15-13-35-14-16-37-18-20-39-24-7-3-22(4-8-24)30-27(33)11-12-28(30)34/h1-12H,13-20H2. The number of benzene rings is 2. The van der Waals surface area contributed by atoms with E-state index in [1.165, 1.54) is 24.3 Å². The van der Waals surface area contributed by atoms with Gasteiger partial charge in [0, 0.05) is 24.3 Å². The summed E-state index contributed by atoms with van der Waals surface area (Å²) >= 11 is 0. The first-order chi connectivity index (χ1) is 19.0. The van der Waals surface area contributed by atoms with Crippen molar-refractivity contribution < 1.29 is 42.9 Å². The maximum atomic E-state index is 11.7. The molecule has 0 unspecified atom stereocenters. The molecule has 0 saturated heterocycles. The number of rotatable bonds is 16. The zero-order valence-electron chi connectivity index (χ0n) is 21.2. The van der Waals surface area contributed by atoms with Crippen LogP contribution in [0.5, 0.6) is 11.5 Å². The lowest BCUT2D eigenvalue weighted by molar-refractivity contribution is -0.121. The quantitative estimate of drug-likeness (QED) is 0.234. The molecule has 0 aromatic heterocycles. The van der Waals surface area contributed by atoms with Crippen LogP contribution in [-0.4, -0.2) is 76.5 Å². The van der Waals surface area contributed by atoms with Gasteiger partial charge < -0.3 is 23.7 Å². The zero-order valence-corrected chi connectivity index (χ0v) is 21.2. The van der Waals surface area contributed by atoms with Crippen molar-refractivity contribution in [1.82, 2.24) is 0 Å². The first-order valence-corrected chi connectivity index (χ1v) is 12.3. The molecule has 39 heavy (non-hydrogen) atoms. The highest BCUT2D eigenvalue weighted by molar-refractivity contribution is 6.28. The molecule has 2 aliphatic heterocycles. The number of nitrogens with zero attached hydrogens (tertiary/aromatic N) is 2. The minimum atomic E-state index is -0.361. The van der Waals surface area contributed by atoms with E-state index in [0.717, 1.165) is 9.80 Å². The largest absolute Gasteiger partial charge is 0.491 e. The van der Waals surface area contributed by atoms with E-state index in [2.05, 4.69) is 0 Å². The fourth-order valence-corrected chi connectivity index (χ4v) is 3.67. The van der Waals surface area contributed by atoms with E-state index in [-0.39, 0.29) is 23.6 Å². The second kappa shape index (κ2) is 14.0. The number of hydrogen-bond acceptors (Lipinski definition) is 9. The van der Waals surface area contributed by atoms with Gasteiger partial charge in [0.05, 0.1) is 51.0 Å². The average molecular weight is 537 g/mol. The van der Waals surface area contributed by atoms with Crippen molar-refractivity contribution in [2.45, 2.75) is 0 Å². The number of imide groups is 2. The minimum Gasteiger partial charge on any atom is -0.491 e. The van der Waals surface area contributed by atoms with Crippen LogP contribution in [0.1, 0.15) is 0 Å². The zero-order chi connectivity index (χ0) is 27.5. The first kappa shape index (κ1) is 27.7. The number of anilines is 2. The fourth-order valence-electron chi connectivity index (χ4n) is 3.67. The molecular formula is C28H28N2O9. The smallest absolute Gasteiger partial charge is 0.258 e. The molecule has 2 aromatic rings. The fraction of sp³-hybridized carbons (Fsp3) is 0.286. The maximum absolute atomic E-state index is 11.7. The van der Waals surface area contributed by atoms with Crippen LogP contribution in [-0.2, 0) is 33.4 Å². The number of carbonyl (C=O) groups is 4. The van der Waals surface area contributed by atoms with Gasteiger partial charge in [0.25, 0.3) is 23.6 Å². The van der Waals surface area contributed by atoms with Crippen molar-refractivity contribution in [3.8, 4) is 11.5 Å². The van der Waals surface area contributed by atoms with Crippen LogP contribution >= 0.6 is 0 Å². The van der Waals surface area contributed by atoms with Crippen LogP contribution in [0.3, 0.4) is 0 Å². The Kier molecular flexibility index (Phi) is 9.95. The molecular weight excluding hydrogens is 508 g/mol. The third-order valence-corrected chi connectivity index (χ3v) is 5.55. The van der Waals surface area contributed by atoms with Crippen LogP contribution in [0.15, 0.2) is 72.8 Å². The summed E-state index contributed by atoms with van der Waals surface area (Å²) in [4.78, 5) is 49.0. The Labute approximate surface area is 225 Å². The van der Waals surface area contributed by atoms with E-state index in [4.69, 9.17) is 23.7 Å². The summed E-state index contributed by atoms with van der Waals surface area (Å²) in [6.45, 7) is 3.13. The molecule has 0 fully saturated rings. The van der Waals surface area contributed by atoms with Crippen LogP contribution in [0.25, 0.3) is 0 Å². The Morgan fingerprint density at radius 1 is 0.410 bits per heavy atom. The molecule has 0 N–H and O–H groups in total. The molecule has 4 rings (SSSR count). The molecule has 2 heterocycles. The summed E-state index contributed by atoms with van der Waals surface area (Å²) in [5.74, 6) is -0.229. The van der Waals surface area contributed by atoms with E-state index in [9.17, 15) is 19.2 Å². The van der Waals surface area contributed by atoms with Gasteiger partial charge >= 0.3 is 0 Å². The van der Waals surface area contributed by atoms with Crippen molar-refractivity contribution >= 4 is 35.0 Å². The molecule has 0 saturated carbocycles. The maximum Gasteiger partial charge on any atom is 0.258 e. The summed E-state index contributed by atoms with van der Waals surface area (Å²) in [5, 5.41) is 0. The lowest BCUT2D eigenvalue weighted by Crippen LogP contribution is -2.29. The van der Waals surface area contributed by atoms with Gasteiger partial charge in [0.2, 0.25) is 0 Å². The normalized spacial score (nSPS) is 14.7. The van der Waals surface area contributed by atoms with Crippen molar-refractivity contribution in [2.75, 3.05) is 62.7 Å². The monoisotopic (exact) mass is 536 g/mol.